The van der Waals surface area contributed by atoms with Crippen LogP contribution in [0.2, 0.25) is 0 Å². The highest BCUT2D eigenvalue weighted by Gasteiger charge is 2.38. The average molecular weight is 2000 g/mol. The van der Waals surface area contributed by atoms with Crippen LogP contribution in [0, 0.1) is 28.1 Å². The van der Waals surface area contributed by atoms with E-state index in [2.05, 4.69) is 31.9 Å². The van der Waals surface area contributed by atoms with Crippen LogP contribution < -0.4 is 31.9 Å². The molecule has 18 rings (SSSR count). The number of carbonyl (C=O) groups is 18. The van der Waals surface area contributed by atoms with Crippen molar-refractivity contribution in [2.45, 2.75) is 129 Å². The largest absolute Gasteiger partial charge is 0.462 e. The first-order valence-electron chi connectivity index (χ1n) is 48.9. The third-order valence-electron chi connectivity index (χ3n) is 27.2. The fraction of sp³-hybridized carbons (Fsp3) is 0.213. The van der Waals surface area contributed by atoms with Gasteiger partial charge in [0.05, 0.1) is 23.0 Å². The minimum atomic E-state index is -0.651. The van der Waals surface area contributed by atoms with Crippen LogP contribution in [0.15, 0.2) is 285 Å². The van der Waals surface area contributed by atoms with Crippen molar-refractivity contribution >= 4 is 145 Å². The molecule has 0 saturated heterocycles. The number of nitrogens with one attached hydrogen (secondary N) is 6. The van der Waals surface area contributed by atoms with Gasteiger partial charge in [0.15, 0.2) is 57.8 Å². The van der Waals surface area contributed by atoms with Crippen molar-refractivity contribution in [3.63, 3.8) is 0 Å². The number of fused-ring (bicyclic) bond motifs is 10. The van der Waals surface area contributed by atoms with E-state index < -0.39 is 34.0 Å². The summed E-state index contributed by atoms with van der Waals surface area (Å²) in [6.45, 7) is 24.6. The molecule has 0 aliphatic heterocycles. The third-order valence-corrected chi connectivity index (χ3v) is 27.2. The van der Waals surface area contributed by atoms with Gasteiger partial charge >= 0.3 is 17.9 Å². The molecule has 754 valence electrons. The van der Waals surface area contributed by atoms with Crippen LogP contribution in [0.1, 0.15) is 318 Å². The van der Waals surface area contributed by atoms with E-state index in [1.807, 2.05) is 107 Å². The molecule has 5 aliphatic rings. The van der Waals surface area contributed by atoms with Crippen molar-refractivity contribution < 1.29 is 101 Å². The molecule has 27 nitrogen and oxygen atoms in total. The number of ether oxygens (including phenoxy) is 3. The molecular formula is C122H110N6O21. The van der Waals surface area contributed by atoms with Crippen LogP contribution in [0.25, 0.3) is 0 Å². The fourth-order valence-corrected chi connectivity index (χ4v) is 16.2. The maximum absolute atomic E-state index is 13.1. The highest BCUT2D eigenvalue weighted by molar-refractivity contribution is 6.34. The zero-order chi connectivity index (χ0) is 107. The zero-order valence-electron chi connectivity index (χ0n) is 84.5. The second-order valence-electron chi connectivity index (χ2n) is 38.3. The summed E-state index contributed by atoms with van der Waals surface area (Å²) in [6.07, 6.45) is 3.56. The van der Waals surface area contributed by atoms with E-state index in [1.54, 1.807) is 225 Å². The quantitative estimate of drug-likeness (QED) is 0.0176. The first kappa shape index (κ1) is 107. The average Bonchev–Trinajstić information content (AvgIpc) is 0.739. The lowest BCUT2D eigenvalue weighted by atomic mass is 9.81. The molecule has 0 aromatic heterocycles. The molecule has 2 atom stereocenters. The van der Waals surface area contributed by atoms with E-state index in [4.69, 9.17) is 14.2 Å². The lowest BCUT2D eigenvalue weighted by Gasteiger charge is -2.21. The Morgan fingerprint density at radius 2 is 0.530 bits per heavy atom. The molecule has 0 fully saturated rings. The molecule has 0 heterocycles. The Labute approximate surface area is 861 Å². The number of rotatable bonds is 25. The Bertz CT molecular complexity index is 7610. The predicted octanol–water partition coefficient (Wildman–Crippen LogP) is 22.5. The number of hydrogen-bond donors (Lipinski definition) is 6. The molecular weight excluding hydrogens is 1890 g/mol. The van der Waals surface area contributed by atoms with Crippen molar-refractivity contribution in [2.24, 2.45) is 28.1 Å². The van der Waals surface area contributed by atoms with Gasteiger partial charge in [-0.15, -0.1) is 0 Å². The van der Waals surface area contributed by atoms with Crippen LogP contribution in [0.5, 0.6) is 0 Å². The van der Waals surface area contributed by atoms with Crippen LogP contribution in [0.4, 0.5) is 39.8 Å². The molecule has 149 heavy (non-hydrogen) atoms. The molecule has 0 saturated carbocycles. The van der Waals surface area contributed by atoms with Gasteiger partial charge in [-0.1, -0.05) is 230 Å². The molecule has 6 N–H and O–H groups in total. The van der Waals surface area contributed by atoms with Gasteiger partial charge in [0.25, 0.3) is 11.8 Å². The molecule has 2 unspecified atom stereocenters. The van der Waals surface area contributed by atoms with Gasteiger partial charge in [0.1, 0.15) is 19.8 Å². The molecule has 5 aliphatic carbocycles. The number of benzene rings is 13. The lowest BCUT2D eigenvalue weighted by Crippen LogP contribution is -2.29. The number of hydrogen-bond acceptors (Lipinski definition) is 22. The van der Waals surface area contributed by atoms with Gasteiger partial charge in [0.2, 0.25) is 17.7 Å². The third kappa shape index (κ3) is 23.7. The van der Waals surface area contributed by atoms with Gasteiger partial charge in [0, 0.05) is 173 Å². The van der Waals surface area contributed by atoms with Crippen molar-refractivity contribution in [3.8, 4) is 0 Å². The second-order valence-corrected chi connectivity index (χ2v) is 38.3. The zero-order valence-corrected chi connectivity index (χ0v) is 84.5. The SMILES string of the molecule is CCC(C)(C)C(=O)Nc1ccc(NC(=O)c2ccc3c(c2)C(=O)c2ccccc2C3=O)cc1.CCC(C)(C)C(=O)Nc1ccc(NC(=O)c2cccc3c2C(=O)c2ccccc2C3=O)cc1.CCC(C)(C)C(=O)Nc1ccc(Nc2ccc3c(c2)C(=O)c2ccccc2C3=O)cc1.CCC(C)C(=O)OCCOC(=O)c1ccc2c(c1)C(=O)c1ccccc1C2=O.CCC(C)C(=O)OCc1ccc2c(c1)C(=O)c1ccccc1C2=O. The number of amides is 5. The molecule has 13 aromatic carbocycles. The minimum absolute atomic E-state index is 0.0196. The van der Waals surface area contributed by atoms with Gasteiger partial charge in [-0.05, 0) is 183 Å². The van der Waals surface area contributed by atoms with Crippen molar-refractivity contribution in [3.05, 3.63) is 419 Å². The smallest absolute Gasteiger partial charge is 0.338 e. The summed E-state index contributed by atoms with van der Waals surface area (Å²) < 4.78 is 15.4. The van der Waals surface area contributed by atoms with E-state index in [0.717, 1.165) is 17.8 Å². The number of ketones is 10. The first-order chi connectivity index (χ1) is 71.2. The molecule has 0 bridgehead atoms. The minimum Gasteiger partial charge on any atom is -0.462 e. The number of carbonyl (C=O) groups excluding carboxylic acids is 18. The number of anilines is 7. The summed E-state index contributed by atoms with van der Waals surface area (Å²) in [4.78, 5) is 226. The maximum atomic E-state index is 13.1. The monoisotopic (exact) mass is 1990 g/mol. The van der Waals surface area contributed by atoms with Crippen molar-refractivity contribution in [1.82, 2.24) is 0 Å². The molecule has 13 aromatic rings. The summed E-state index contributed by atoms with van der Waals surface area (Å²) in [7, 11) is 0. The second kappa shape index (κ2) is 46.0. The summed E-state index contributed by atoms with van der Waals surface area (Å²) in [5.74, 6) is -4.95. The Hall–Kier alpha value is -17.9. The summed E-state index contributed by atoms with van der Waals surface area (Å²) in [5, 5.41) is 17.5. The topological polar surface area (TPSA) is 407 Å². The first-order valence-corrected chi connectivity index (χ1v) is 48.9. The highest BCUT2D eigenvalue weighted by atomic mass is 16.6. The fourth-order valence-electron chi connectivity index (χ4n) is 16.2. The lowest BCUT2D eigenvalue weighted by molar-refractivity contribution is -0.150. The van der Waals surface area contributed by atoms with E-state index in [-0.39, 0.29) is 164 Å². The van der Waals surface area contributed by atoms with Crippen LogP contribution in [-0.4, -0.2) is 118 Å². The van der Waals surface area contributed by atoms with Crippen LogP contribution in [0.3, 0.4) is 0 Å². The molecule has 0 spiro atoms. The van der Waals surface area contributed by atoms with Gasteiger partial charge < -0.3 is 46.1 Å². The van der Waals surface area contributed by atoms with E-state index >= 15 is 0 Å². The normalized spacial score (nSPS) is 13.0. The Morgan fingerprint density at radius 3 is 0.906 bits per heavy atom. The summed E-state index contributed by atoms with van der Waals surface area (Å²) in [6, 6.07) is 78.2. The summed E-state index contributed by atoms with van der Waals surface area (Å²) >= 11 is 0. The van der Waals surface area contributed by atoms with Crippen molar-refractivity contribution in [2.75, 3.05) is 45.1 Å². The Morgan fingerprint density at radius 1 is 0.255 bits per heavy atom. The van der Waals surface area contributed by atoms with Gasteiger partial charge in [-0.3, -0.25) is 81.5 Å². The van der Waals surface area contributed by atoms with Crippen LogP contribution in [-0.2, 0) is 44.8 Å². The number of esters is 3. The highest BCUT2D eigenvalue weighted by Crippen LogP contribution is 2.38. The van der Waals surface area contributed by atoms with Gasteiger partial charge in [-0.2, -0.15) is 0 Å². The van der Waals surface area contributed by atoms with Crippen molar-refractivity contribution in [1.29, 1.82) is 0 Å². The molecule has 27 heteroatoms. The van der Waals surface area contributed by atoms with Crippen LogP contribution >= 0.6 is 0 Å². The standard InChI is InChI=1S/2C27H24N2O4.C26H24N2O3.C22H20O6.C20H18O4/c1-4-27(2,3)26(33)29-17-14-12-16(13-15-17)28-25(32)21-11-7-10-20-22(21)24(31)19-9-6-5-8-18(19)23(20)30;1-4-27(2,3)26(33)29-18-12-10-17(11-13-18)28-25(32)16-9-14-21-22(15-16)24(31)20-8-6-5-7-19(20)23(21)30;1-4-26(2,3)25(31)28-17-11-9-16(10-12-17)27-18-13-14-21-22(15-18)24(30)20-8-6-5-7-19(20)23(21)29;1-3-13(2)21(25)27-10-11-28-22(26)14-8-9-17-18(12-14)20(24)16-7-5-4-6-15(16)19(17)23;1-3-12(2)20(23)24-11-13-8-9-16-17(10-13)19(22)15-7-5-4-6-14(15)18(16)21/h2*5-15H,4H2,1-3H3,(H,28,32)(H,29,33);5-15,27H,4H2,1-3H3,(H,28,31);4-9,12-13H,3,10-11H2,1-2H3;4-10,12H,3,11H2,1-2H3. The van der Waals surface area contributed by atoms with Gasteiger partial charge in [-0.25, -0.2) is 4.79 Å². The van der Waals surface area contributed by atoms with E-state index in [0.29, 0.717) is 143 Å². The summed E-state index contributed by atoms with van der Waals surface area (Å²) in [5.41, 5.74) is 11.1. The Kier molecular flexibility index (Phi) is 33.0. The van der Waals surface area contributed by atoms with E-state index in [1.165, 1.54) is 42.5 Å². The maximum Gasteiger partial charge on any atom is 0.338 e. The molecule has 5 amide bonds. The predicted molar refractivity (Wildman–Crippen MR) is 565 cm³/mol. The Balaban J connectivity index is 0.000000147. The van der Waals surface area contributed by atoms with E-state index in [9.17, 15) is 86.3 Å². The molecule has 0 radical (unpaired) electrons.